The molecule has 0 unspecified atom stereocenters. The van der Waals surface area contributed by atoms with Gasteiger partial charge in [-0.3, -0.25) is 4.90 Å². The number of ether oxygens (including phenoxy) is 1. The van der Waals surface area contributed by atoms with Crippen molar-refractivity contribution in [3.8, 4) is 5.75 Å². The molecule has 0 amide bonds. The van der Waals surface area contributed by atoms with Crippen LogP contribution < -0.4 is 4.74 Å². The van der Waals surface area contributed by atoms with Gasteiger partial charge in [0.1, 0.15) is 24.6 Å². The molecule has 0 saturated heterocycles. The largest absolute Gasteiger partial charge is 0.491 e. The van der Waals surface area contributed by atoms with Gasteiger partial charge in [0.05, 0.1) is 15.8 Å². The Morgan fingerprint density at radius 2 is 1.82 bits per heavy atom. The summed E-state index contributed by atoms with van der Waals surface area (Å²) in [6, 6.07) is 22.6. The molecule has 0 spiro atoms. The van der Waals surface area contributed by atoms with Crippen molar-refractivity contribution in [2.45, 2.75) is 25.2 Å². The maximum atomic E-state index is 10.7. The Morgan fingerprint density at radius 3 is 2.59 bits per heavy atom. The maximum Gasteiger partial charge on any atom is 0.145 e. The molecule has 1 aliphatic rings. The molecule has 0 aromatic heterocycles. The van der Waals surface area contributed by atoms with Crippen molar-refractivity contribution in [3.05, 3.63) is 99.0 Å². The molecule has 4 rings (SSSR count). The standard InChI is InChI=1S/C26H25Cl3N2O3/c27-20-6-4-5-18(11-20)14-31(15-21(32)17-33-22-7-2-1-3-8-22)16-23-13-26(30-34-23)19-9-10-24(28)25(29)12-19/h1-12,21,23,32H,13-17H2/t21-,23-/m0/s1. The minimum absolute atomic E-state index is 0.161. The summed E-state index contributed by atoms with van der Waals surface area (Å²) < 4.78 is 5.73. The first-order chi connectivity index (χ1) is 16.5. The molecule has 1 aliphatic heterocycles. The van der Waals surface area contributed by atoms with E-state index in [0.717, 1.165) is 22.6 Å². The van der Waals surface area contributed by atoms with Crippen molar-refractivity contribution in [1.29, 1.82) is 0 Å². The van der Waals surface area contributed by atoms with Crippen molar-refractivity contribution in [2.24, 2.45) is 5.16 Å². The van der Waals surface area contributed by atoms with E-state index in [9.17, 15) is 5.11 Å². The predicted octanol–water partition coefficient (Wildman–Crippen LogP) is 6.08. The fraction of sp³-hybridized carbons (Fsp3) is 0.269. The average molecular weight is 520 g/mol. The van der Waals surface area contributed by atoms with Gasteiger partial charge in [0, 0.05) is 36.6 Å². The molecule has 3 aromatic rings. The molecule has 1 heterocycles. The van der Waals surface area contributed by atoms with Crippen molar-refractivity contribution in [3.63, 3.8) is 0 Å². The lowest BCUT2D eigenvalue weighted by molar-refractivity contribution is 0.0213. The molecular weight excluding hydrogens is 495 g/mol. The second-order valence-corrected chi connectivity index (χ2v) is 9.45. The molecule has 34 heavy (non-hydrogen) atoms. The predicted molar refractivity (Wildman–Crippen MR) is 137 cm³/mol. The highest BCUT2D eigenvalue weighted by atomic mass is 35.5. The monoisotopic (exact) mass is 518 g/mol. The maximum absolute atomic E-state index is 10.7. The van der Waals surface area contributed by atoms with Gasteiger partial charge >= 0.3 is 0 Å². The summed E-state index contributed by atoms with van der Waals surface area (Å²) in [4.78, 5) is 7.85. The van der Waals surface area contributed by atoms with Gasteiger partial charge in [0.15, 0.2) is 0 Å². The molecule has 3 aromatic carbocycles. The van der Waals surface area contributed by atoms with Crippen LogP contribution in [0.4, 0.5) is 0 Å². The van der Waals surface area contributed by atoms with E-state index >= 15 is 0 Å². The lowest BCUT2D eigenvalue weighted by Crippen LogP contribution is -2.39. The third-order valence-electron chi connectivity index (χ3n) is 5.40. The van der Waals surface area contributed by atoms with Crippen molar-refractivity contribution in [1.82, 2.24) is 4.90 Å². The second kappa shape index (κ2) is 11.9. The van der Waals surface area contributed by atoms with Gasteiger partial charge in [-0.2, -0.15) is 0 Å². The van der Waals surface area contributed by atoms with Gasteiger partial charge in [-0.05, 0) is 42.0 Å². The van der Waals surface area contributed by atoms with Gasteiger partial charge < -0.3 is 14.7 Å². The third kappa shape index (κ3) is 7.11. The molecule has 0 bridgehead atoms. The molecular formula is C26H25Cl3N2O3. The Morgan fingerprint density at radius 1 is 1.00 bits per heavy atom. The number of benzene rings is 3. The number of rotatable bonds is 10. The van der Waals surface area contributed by atoms with Crippen LogP contribution in [0.3, 0.4) is 0 Å². The Balaban J connectivity index is 1.39. The van der Waals surface area contributed by atoms with Crippen LogP contribution in [-0.4, -0.2) is 47.6 Å². The van der Waals surface area contributed by atoms with E-state index in [4.69, 9.17) is 44.4 Å². The molecule has 0 saturated carbocycles. The Kier molecular flexibility index (Phi) is 8.70. The van der Waals surface area contributed by atoms with E-state index in [2.05, 4.69) is 10.1 Å². The summed E-state index contributed by atoms with van der Waals surface area (Å²) in [5.41, 5.74) is 2.75. The van der Waals surface area contributed by atoms with Crippen LogP contribution in [-0.2, 0) is 11.4 Å². The van der Waals surface area contributed by atoms with Crippen LogP contribution in [0.15, 0.2) is 78.0 Å². The fourth-order valence-electron chi connectivity index (χ4n) is 3.82. The quantitative estimate of drug-likeness (QED) is 0.353. The van der Waals surface area contributed by atoms with Crippen LogP contribution in [0.1, 0.15) is 17.5 Å². The van der Waals surface area contributed by atoms with Gasteiger partial charge in [0.25, 0.3) is 0 Å². The van der Waals surface area contributed by atoms with E-state index in [0.29, 0.717) is 41.1 Å². The van der Waals surface area contributed by atoms with Crippen LogP contribution in [0, 0.1) is 0 Å². The van der Waals surface area contributed by atoms with Gasteiger partial charge in [-0.1, -0.05) is 76.4 Å². The summed E-state index contributed by atoms with van der Waals surface area (Å²) in [5.74, 6) is 0.724. The third-order valence-corrected chi connectivity index (χ3v) is 6.37. The molecule has 0 radical (unpaired) electrons. The Hall–Kier alpha value is -2.28. The molecule has 1 N–H and O–H groups in total. The first-order valence-electron chi connectivity index (χ1n) is 11.0. The van der Waals surface area contributed by atoms with Gasteiger partial charge in [-0.15, -0.1) is 0 Å². The fourth-order valence-corrected chi connectivity index (χ4v) is 4.33. The zero-order valence-corrected chi connectivity index (χ0v) is 20.7. The number of hydrogen-bond donors (Lipinski definition) is 1. The number of oxime groups is 1. The van der Waals surface area contributed by atoms with Crippen LogP contribution >= 0.6 is 34.8 Å². The van der Waals surface area contributed by atoms with Crippen molar-refractivity contribution >= 4 is 40.5 Å². The number of aliphatic hydroxyl groups is 1. The van der Waals surface area contributed by atoms with E-state index < -0.39 is 6.10 Å². The minimum atomic E-state index is -0.684. The number of hydrogen-bond acceptors (Lipinski definition) is 5. The zero-order valence-electron chi connectivity index (χ0n) is 18.4. The van der Waals surface area contributed by atoms with Gasteiger partial charge in [0.2, 0.25) is 0 Å². The van der Waals surface area contributed by atoms with E-state index in [-0.39, 0.29) is 12.7 Å². The molecule has 8 heteroatoms. The minimum Gasteiger partial charge on any atom is -0.491 e. The van der Waals surface area contributed by atoms with Crippen LogP contribution in [0.5, 0.6) is 5.75 Å². The number of para-hydroxylation sites is 1. The molecule has 0 aliphatic carbocycles. The summed E-state index contributed by atoms with van der Waals surface area (Å²) in [5, 5.41) is 16.6. The Bertz CT molecular complexity index is 1130. The summed E-state index contributed by atoms with van der Waals surface area (Å²) in [6.45, 7) is 1.77. The van der Waals surface area contributed by atoms with Crippen molar-refractivity contribution < 1.29 is 14.7 Å². The highest BCUT2D eigenvalue weighted by Crippen LogP contribution is 2.26. The molecule has 178 valence electrons. The highest BCUT2D eigenvalue weighted by molar-refractivity contribution is 6.42. The summed E-state index contributed by atoms with van der Waals surface area (Å²) in [7, 11) is 0. The van der Waals surface area contributed by atoms with E-state index in [1.54, 1.807) is 12.1 Å². The summed E-state index contributed by atoms with van der Waals surface area (Å²) >= 11 is 18.4. The SMILES string of the molecule is O[C@H](COc1ccccc1)CN(Cc1cccc(Cl)c1)C[C@@H]1CC(c2ccc(Cl)c(Cl)c2)=NO1. The lowest BCUT2D eigenvalue weighted by Gasteiger charge is -2.27. The van der Waals surface area contributed by atoms with E-state index in [1.807, 2.05) is 60.7 Å². The normalized spacial score (nSPS) is 16.3. The van der Waals surface area contributed by atoms with Crippen LogP contribution in [0.2, 0.25) is 15.1 Å². The lowest BCUT2D eigenvalue weighted by atomic mass is 10.0. The van der Waals surface area contributed by atoms with Crippen LogP contribution in [0.25, 0.3) is 0 Å². The zero-order chi connectivity index (χ0) is 23.9. The smallest absolute Gasteiger partial charge is 0.145 e. The first-order valence-corrected chi connectivity index (χ1v) is 12.1. The second-order valence-electron chi connectivity index (χ2n) is 8.20. The number of halogens is 3. The summed E-state index contributed by atoms with van der Waals surface area (Å²) in [6.07, 6.45) is -0.220. The Labute approximate surface area is 214 Å². The topological polar surface area (TPSA) is 54.3 Å². The number of aliphatic hydroxyl groups excluding tert-OH is 1. The average Bonchev–Trinajstić information content (AvgIpc) is 3.28. The molecule has 2 atom stereocenters. The van der Waals surface area contributed by atoms with Crippen molar-refractivity contribution in [2.75, 3.05) is 19.7 Å². The van der Waals surface area contributed by atoms with Gasteiger partial charge in [-0.25, -0.2) is 0 Å². The first kappa shape index (κ1) is 24.8. The van der Waals surface area contributed by atoms with E-state index in [1.165, 1.54) is 0 Å². The number of nitrogens with zero attached hydrogens (tertiary/aromatic N) is 2. The highest BCUT2D eigenvalue weighted by Gasteiger charge is 2.26. The molecule has 5 nitrogen and oxygen atoms in total. The molecule has 0 fully saturated rings.